The van der Waals surface area contributed by atoms with Crippen LogP contribution in [0.15, 0.2) is 30.3 Å². The fraction of sp³-hybridized carbons (Fsp3) is 0.182. The third kappa shape index (κ3) is 3.23. The zero-order valence-corrected chi connectivity index (χ0v) is 8.01. The second-order valence-electron chi connectivity index (χ2n) is 3.13. The number of carbonyl (C=O) groups excluding carboxylic acids is 1. The van der Waals surface area contributed by atoms with Crippen molar-refractivity contribution in [3.8, 4) is 0 Å². The predicted molar refractivity (Wildman–Crippen MR) is 51.1 cm³/mol. The van der Waals surface area contributed by atoms with E-state index in [0.29, 0.717) is 11.6 Å². The summed E-state index contributed by atoms with van der Waals surface area (Å²) in [5.41, 5.74) is 0.685. The SMILES string of the molecule is C/C(=C\C(F)(F)C=O)c1ccc(F)cc1. The molecule has 0 fully saturated rings. The number of rotatable bonds is 3. The van der Waals surface area contributed by atoms with Crippen LogP contribution in [0.4, 0.5) is 13.2 Å². The van der Waals surface area contributed by atoms with Gasteiger partial charge >= 0.3 is 5.92 Å². The van der Waals surface area contributed by atoms with E-state index in [-0.39, 0.29) is 5.57 Å². The molecule has 15 heavy (non-hydrogen) atoms. The van der Waals surface area contributed by atoms with E-state index in [1.807, 2.05) is 0 Å². The highest BCUT2D eigenvalue weighted by atomic mass is 19.3. The molecule has 0 heterocycles. The second kappa shape index (κ2) is 4.29. The molecule has 1 aromatic carbocycles. The summed E-state index contributed by atoms with van der Waals surface area (Å²) in [7, 11) is 0. The standard InChI is InChI=1S/C11H9F3O/c1-8(6-11(13,14)7-15)9-2-4-10(12)5-3-9/h2-7H,1H3/b8-6+. The molecule has 0 bridgehead atoms. The van der Waals surface area contributed by atoms with E-state index in [9.17, 15) is 18.0 Å². The Morgan fingerprint density at radius 3 is 2.27 bits per heavy atom. The number of halogens is 3. The zero-order valence-electron chi connectivity index (χ0n) is 8.01. The average Bonchev–Trinajstić information content (AvgIpc) is 2.18. The van der Waals surface area contributed by atoms with Crippen LogP contribution in [0.5, 0.6) is 0 Å². The van der Waals surface area contributed by atoms with E-state index in [1.54, 1.807) is 0 Å². The van der Waals surface area contributed by atoms with Crippen LogP contribution in [0, 0.1) is 5.82 Å². The van der Waals surface area contributed by atoms with E-state index in [4.69, 9.17) is 0 Å². The van der Waals surface area contributed by atoms with Gasteiger partial charge in [0, 0.05) is 0 Å². The highest BCUT2D eigenvalue weighted by molar-refractivity contribution is 5.72. The lowest BCUT2D eigenvalue weighted by atomic mass is 10.1. The summed E-state index contributed by atoms with van der Waals surface area (Å²) in [6, 6.07) is 5.10. The van der Waals surface area contributed by atoms with Gasteiger partial charge in [-0.2, -0.15) is 8.78 Å². The van der Waals surface area contributed by atoms with Crippen molar-refractivity contribution in [2.24, 2.45) is 0 Å². The molecule has 0 N–H and O–H groups in total. The van der Waals surface area contributed by atoms with Gasteiger partial charge in [-0.25, -0.2) is 4.39 Å². The van der Waals surface area contributed by atoms with Gasteiger partial charge in [0.25, 0.3) is 0 Å². The molecule has 4 heteroatoms. The number of hydrogen-bond donors (Lipinski definition) is 0. The molecule has 0 amide bonds. The molecule has 0 aliphatic heterocycles. The van der Waals surface area contributed by atoms with Crippen molar-refractivity contribution >= 4 is 11.9 Å². The Morgan fingerprint density at radius 2 is 1.80 bits per heavy atom. The summed E-state index contributed by atoms with van der Waals surface area (Å²) < 4.78 is 37.8. The maximum absolute atomic E-state index is 12.6. The molecule has 80 valence electrons. The fourth-order valence-corrected chi connectivity index (χ4v) is 1.12. The van der Waals surface area contributed by atoms with Gasteiger partial charge in [0.15, 0.2) is 6.29 Å². The van der Waals surface area contributed by atoms with Crippen LogP contribution < -0.4 is 0 Å². The van der Waals surface area contributed by atoms with Crippen LogP contribution in [0.1, 0.15) is 12.5 Å². The lowest BCUT2D eigenvalue weighted by molar-refractivity contribution is -0.123. The number of benzene rings is 1. The summed E-state index contributed by atoms with van der Waals surface area (Å²) in [6.07, 6.45) is 0.118. The van der Waals surface area contributed by atoms with Crippen LogP contribution in [-0.4, -0.2) is 12.2 Å². The average molecular weight is 214 g/mol. The molecule has 1 rings (SSSR count). The number of hydrogen-bond acceptors (Lipinski definition) is 1. The Hall–Kier alpha value is -1.58. The largest absolute Gasteiger partial charge is 0.321 e. The third-order valence-corrected chi connectivity index (χ3v) is 1.87. The number of aldehydes is 1. The Kier molecular flexibility index (Phi) is 3.29. The zero-order chi connectivity index (χ0) is 11.5. The van der Waals surface area contributed by atoms with Gasteiger partial charge in [0.05, 0.1) is 0 Å². The Balaban J connectivity index is 2.99. The molecule has 0 aromatic heterocycles. The van der Waals surface area contributed by atoms with Crippen molar-refractivity contribution in [2.75, 3.05) is 0 Å². The van der Waals surface area contributed by atoms with Gasteiger partial charge in [0.1, 0.15) is 5.82 Å². The van der Waals surface area contributed by atoms with Crippen LogP contribution in [-0.2, 0) is 4.79 Å². The topological polar surface area (TPSA) is 17.1 Å². The quantitative estimate of drug-likeness (QED) is 0.706. The third-order valence-electron chi connectivity index (χ3n) is 1.87. The van der Waals surface area contributed by atoms with Crippen LogP contribution in [0.25, 0.3) is 5.57 Å². The molecule has 0 aliphatic rings. The Morgan fingerprint density at radius 1 is 1.27 bits per heavy atom. The minimum atomic E-state index is -3.47. The molecule has 0 saturated carbocycles. The molecule has 0 spiro atoms. The fourth-order valence-electron chi connectivity index (χ4n) is 1.12. The first-order chi connectivity index (χ1) is 6.94. The first-order valence-corrected chi connectivity index (χ1v) is 4.24. The Bertz CT molecular complexity index is 379. The van der Waals surface area contributed by atoms with E-state index in [0.717, 1.165) is 0 Å². The maximum atomic E-state index is 12.6. The van der Waals surface area contributed by atoms with Crippen molar-refractivity contribution in [1.82, 2.24) is 0 Å². The molecular formula is C11H9F3O. The number of allylic oxidation sites excluding steroid dienone is 2. The summed E-state index contributed by atoms with van der Waals surface area (Å²) in [4.78, 5) is 9.99. The van der Waals surface area contributed by atoms with Gasteiger partial charge < -0.3 is 0 Å². The molecule has 0 radical (unpaired) electrons. The summed E-state index contributed by atoms with van der Waals surface area (Å²) in [5.74, 6) is -3.91. The van der Waals surface area contributed by atoms with Gasteiger partial charge in [-0.3, -0.25) is 4.79 Å². The van der Waals surface area contributed by atoms with Gasteiger partial charge in [-0.1, -0.05) is 12.1 Å². The lowest BCUT2D eigenvalue weighted by Crippen LogP contribution is -2.13. The van der Waals surface area contributed by atoms with Crippen molar-refractivity contribution < 1.29 is 18.0 Å². The minimum Gasteiger partial charge on any atom is -0.296 e. The van der Waals surface area contributed by atoms with E-state index >= 15 is 0 Å². The highest BCUT2D eigenvalue weighted by Gasteiger charge is 2.24. The summed E-state index contributed by atoms with van der Waals surface area (Å²) in [6.45, 7) is 1.44. The van der Waals surface area contributed by atoms with Gasteiger partial charge in [-0.15, -0.1) is 0 Å². The maximum Gasteiger partial charge on any atom is 0.321 e. The monoisotopic (exact) mass is 214 g/mol. The van der Waals surface area contributed by atoms with Crippen molar-refractivity contribution in [2.45, 2.75) is 12.8 Å². The lowest BCUT2D eigenvalue weighted by Gasteiger charge is -2.06. The molecular weight excluding hydrogens is 205 g/mol. The molecule has 0 atom stereocenters. The van der Waals surface area contributed by atoms with Crippen molar-refractivity contribution in [1.29, 1.82) is 0 Å². The van der Waals surface area contributed by atoms with Crippen LogP contribution in [0.2, 0.25) is 0 Å². The smallest absolute Gasteiger partial charge is 0.296 e. The molecule has 1 nitrogen and oxygen atoms in total. The first kappa shape index (κ1) is 11.5. The molecule has 0 unspecified atom stereocenters. The summed E-state index contributed by atoms with van der Waals surface area (Å²) >= 11 is 0. The van der Waals surface area contributed by atoms with Gasteiger partial charge in [-0.05, 0) is 36.3 Å². The Labute approximate surface area is 85.2 Å². The number of carbonyl (C=O) groups is 1. The number of alkyl halides is 2. The van der Waals surface area contributed by atoms with E-state index < -0.39 is 18.0 Å². The summed E-state index contributed by atoms with van der Waals surface area (Å²) in [5, 5.41) is 0. The highest BCUT2D eigenvalue weighted by Crippen LogP contribution is 2.21. The normalized spacial score (nSPS) is 12.7. The van der Waals surface area contributed by atoms with E-state index in [1.165, 1.54) is 31.2 Å². The van der Waals surface area contributed by atoms with Gasteiger partial charge in [0.2, 0.25) is 0 Å². The van der Waals surface area contributed by atoms with E-state index in [2.05, 4.69) is 0 Å². The minimum absolute atomic E-state index is 0.229. The first-order valence-electron chi connectivity index (χ1n) is 4.24. The van der Waals surface area contributed by atoms with Crippen LogP contribution in [0.3, 0.4) is 0 Å². The molecule has 0 aliphatic carbocycles. The second-order valence-corrected chi connectivity index (χ2v) is 3.13. The van der Waals surface area contributed by atoms with Crippen molar-refractivity contribution in [3.05, 3.63) is 41.7 Å². The predicted octanol–water partition coefficient (Wildman–Crippen LogP) is 3.06. The van der Waals surface area contributed by atoms with Crippen molar-refractivity contribution in [3.63, 3.8) is 0 Å². The molecule has 0 saturated heterocycles. The molecule has 1 aromatic rings. The van der Waals surface area contributed by atoms with Crippen LogP contribution >= 0.6 is 0 Å².